The van der Waals surface area contributed by atoms with Gasteiger partial charge in [0, 0.05) is 39.0 Å². The van der Waals surface area contributed by atoms with Crippen LogP contribution in [0.25, 0.3) is 0 Å². The Morgan fingerprint density at radius 2 is 2.09 bits per heavy atom. The predicted octanol–water partition coefficient (Wildman–Crippen LogP) is 1.50. The van der Waals surface area contributed by atoms with Gasteiger partial charge >= 0.3 is 0 Å². The van der Waals surface area contributed by atoms with E-state index in [1.807, 2.05) is 50.4 Å². The van der Waals surface area contributed by atoms with E-state index in [0.717, 1.165) is 11.3 Å². The van der Waals surface area contributed by atoms with E-state index in [-0.39, 0.29) is 43.1 Å². The second kappa shape index (κ2) is 11.9. The minimum atomic E-state index is -0.318. The number of amides is 2. The minimum Gasteiger partial charge on any atom is -0.394 e. The van der Waals surface area contributed by atoms with Gasteiger partial charge < -0.3 is 19.6 Å². The zero-order valence-electron chi connectivity index (χ0n) is 19.8. The molecule has 2 aromatic rings. The molecule has 0 radical (unpaired) electrons. The topological polar surface area (TPSA) is 101 Å². The van der Waals surface area contributed by atoms with Crippen LogP contribution in [0.5, 0.6) is 0 Å². The predicted molar refractivity (Wildman–Crippen MR) is 123 cm³/mol. The number of aliphatic hydroxyl groups excluding tert-OH is 1. The molecule has 1 aromatic heterocycles. The number of benzene rings is 1. The smallest absolute Gasteiger partial charge is 0.226 e. The highest BCUT2D eigenvalue weighted by Crippen LogP contribution is 2.18. The van der Waals surface area contributed by atoms with Gasteiger partial charge in [-0.25, -0.2) is 0 Å². The Morgan fingerprint density at radius 1 is 1.33 bits per heavy atom. The first-order chi connectivity index (χ1) is 15.9. The maximum absolute atomic E-state index is 12.9. The summed E-state index contributed by atoms with van der Waals surface area (Å²) in [5.41, 5.74) is 1.68. The van der Waals surface area contributed by atoms with E-state index in [9.17, 15) is 14.7 Å². The molecule has 3 atom stereocenters. The molecule has 9 heteroatoms. The summed E-state index contributed by atoms with van der Waals surface area (Å²) in [5.74, 6) is -0.0662. The number of nitrogens with zero attached hydrogens (tertiary/aromatic N) is 5. The highest BCUT2D eigenvalue weighted by Gasteiger charge is 2.28. The van der Waals surface area contributed by atoms with Crippen LogP contribution >= 0.6 is 0 Å². The zero-order valence-corrected chi connectivity index (χ0v) is 19.8. The molecule has 0 aliphatic carbocycles. The summed E-state index contributed by atoms with van der Waals surface area (Å²) < 4.78 is 7.94. The van der Waals surface area contributed by atoms with Crippen LogP contribution in [-0.4, -0.2) is 80.6 Å². The van der Waals surface area contributed by atoms with Gasteiger partial charge in [0.05, 0.1) is 38.0 Å². The third-order valence-corrected chi connectivity index (χ3v) is 6.12. The summed E-state index contributed by atoms with van der Waals surface area (Å²) in [4.78, 5) is 29.2. The summed E-state index contributed by atoms with van der Waals surface area (Å²) >= 11 is 0. The van der Waals surface area contributed by atoms with Crippen molar-refractivity contribution >= 4 is 11.8 Å². The van der Waals surface area contributed by atoms with Crippen molar-refractivity contribution in [3.05, 3.63) is 47.8 Å². The highest BCUT2D eigenvalue weighted by molar-refractivity contribution is 5.78. The van der Waals surface area contributed by atoms with Crippen LogP contribution < -0.4 is 0 Å². The lowest BCUT2D eigenvalue weighted by atomic mass is 10.0. The molecular weight excluding hydrogens is 422 g/mol. The Bertz CT molecular complexity index is 903. The number of carbonyl (C=O) groups is 2. The molecule has 2 heterocycles. The van der Waals surface area contributed by atoms with Crippen molar-refractivity contribution in [2.75, 3.05) is 26.7 Å². The number of hydrogen-bond donors (Lipinski definition) is 1. The molecule has 33 heavy (non-hydrogen) atoms. The van der Waals surface area contributed by atoms with Crippen molar-refractivity contribution in [1.29, 1.82) is 0 Å². The summed E-state index contributed by atoms with van der Waals surface area (Å²) in [7, 11) is 1.78. The zero-order chi connectivity index (χ0) is 23.8. The molecule has 2 amide bonds. The second-order valence-corrected chi connectivity index (χ2v) is 8.92. The van der Waals surface area contributed by atoms with Gasteiger partial charge in [0.1, 0.15) is 5.69 Å². The van der Waals surface area contributed by atoms with Crippen LogP contribution in [0.2, 0.25) is 0 Å². The number of rotatable bonds is 6. The quantitative estimate of drug-likeness (QED) is 0.706. The van der Waals surface area contributed by atoms with Gasteiger partial charge in [-0.05, 0) is 18.9 Å². The third-order valence-electron chi connectivity index (χ3n) is 6.12. The molecule has 1 aliphatic rings. The Hall–Kier alpha value is -2.78. The summed E-state index contributed by atoms with van der Waals surface area (Å²) in [6.07, 6.45) is 2.85. The van der Waals surface area contributed by atoms with Gasteiger partial charge in [-0.1, -0.05) is 42.5 Å². The molecule has 0 saturated carbocycles. The van der Waals surface area contributed by atoms with Crippen molar-refractivity contribution in [1.82, 2.24) is 24.8 Å². The lowest BCUT2D eigenvalue weighted by molar-refractivity contribution is -0.138. The number of ether oxygens (including phenoxy) is 1. The van der Waals surface area contributed by atoms with E-state index in [4.69, 9.17) is 4.74 Å². The Balaban J connectivity index is 1.75. The van der Waals surface area contributed by atoms with Crippen molar-refractivity contribution < 1.29 is 19.4 Å². The molecule has 1 aromatic carbocycles. The molecule has 180 valence electrons. The normalized spacial score (nSPS) is 21.0. The Morgan fingerprint density at radius 3 is 2.82 bits per heavy atom. The van der Waals surface area contributed by atoms with E-state index in [0.29, 0.717) is 38.9 Å². The Labute approximate surface area is 195 Å². The van der Waals surface area contributed by atoms with Gasteiger partial charge in [0.25, 0.3) is 0 Å². The van der Waals surface area contributed by atoms with Crippen LogP contribution in [0.4, 0.5) is 0 Å². The molecule has 9 nitrogen and oxygen atoms in total. The fraction of sp³-hybridized carbons (Fsp3) is 0.583. The van der Waals surface area contributed by atoms with Crippen LogP contribution in [-0.2, 0) is 33.9 Å². The van der Waals surface area contributed by atoms with Crippen LogP contribution in [0.15, 0.2) is 36.5 Å². The summed E-state index contributed by atoms with van der Waals surface area (Å²) in [5, 5.41) is 18.0. The second-order valence-electron chi connectivity index (χ2n) is 8.92. The first-order valence-electron chi connectivity index (χ1n) is 11.6. The van der Waals surface area contributed by atoms with Crippen LogP contribution in [0, 0.1) is 5.92 Å². The van der Waals surface area contributed by atoms with Crippen LogP contribution in [0.3, 0.4) is 0 Å². The van der Waals surface area contributed by atoms with E-state index in [1.165, 1.54) is 0 Å². The van der Waals surface area contributed by atoms with E-state index < -0.39 is 0 Å². The van der Waals surface area contributed by atoms with E-state index >= 15 is 0 Å². The van der Waals surface area contributed by atoms with Crippen molar-refractivity contribution in [2.45, 2.75) is 58.4 Å². The number of aromatic nitrogens is 3. The van der Waals surface area contributed by atoms with Gasteiger partial charge in [0.15, 0.2) is 0 Å². The molecular formula is C24H35N5O4. The van der Waals surface area contributed by atoms with Crippen molar-refractivity contribution in [2.24, 2.45) is 5.92 Å². The summed E-state index contributed by atoms with van der Waals surface area (Å²) in [6.45, 7) is 5.45. The SMILES string of the molecule is C[C@@H]1CN([C@@H](C)CO)C(=O)CCCn2cc(nn2)CO[C@@H]1CN(C)C(=O)Cc1ccccc1. The lowest BCUT2D eigenvalue weighted by Gasteiger charge is -2.35. The Kier molecular flexibility index (Phi) is 8.96. The molecule has 0 unspecified atom stereocenters. The number of hydrogen-bond acceptors (Lipinski definition) is 6. The highest BCUT2D eigenvalue weighted by atomic mass is 16.5. The standard InChI is InChI=1S/C24H35N5O4/c1-18-13-29(19(2)16-30)23(31)10-7-11-28-14-21(25-26-28)17-33-22(18)15-27(3)24(32)12-20-8-5-4-6-9-20/h4-6,8-9,14,18-19,22,30H,7,10-13,15-17H2,1-3H3/t18-,19+,22-/m1/s1. The van der Waals surface area contributed by atoms with E-state index in [2.05, 4.69) is 10.3 Å². The lowest BCUT2D eigenvalue weighted by Crippen LogP contribution is -2.47. The molecule has 0 saturated heterocycles. The fourth-order valence-corrected chi connectivity index (χ4v) is 3.97. The number of aliphatic hydroxyl groups is 1. The van der Waals surface area contributed by atoms with Crippen molar-refractivity contribution in [3.8, 4) is 0 Å². The number of fused-ring (bicyclic) bond motifs is 2. The molecule has 1 aliphatic heterocycles. The average molecular weight is 458 g/mol. The van der Waals surface area contributed by atoms with Crippen LogP contribution in [0.1, 0.15) is 37.9 Å². The number of aryl methyl sites for hydroxylation is 1. The maximum Gasteiger partial charge on any atom is 0.226 e. The minimum absolute atomic E-state index is 0.00233. The molecule has 0 spiro atoms. The first-order valence-corrected chi connectivity index (χ1v) is 11.6. The third kappa shape index (κ3) is 7.10. The van der Waals surface area contributed by atoms with E-state index in [1.54, 1.807) is 21.5 Å². The monoisotopic (exact) mass is 457 g/mol. The molecule has 0 fully saturated rings. The van der Waals surface area contributed by atoms with Gasteiger partial charge in [0.2, 0.25) is 11.8 Å². The molecule has 2 bridgehead atoms. The van der Waals surface area contributed by atoms with Gasteiger partial charge in [-0.2, -0.15) is 0 Å². The molecule has 3 rings (SSSR count). The fourth-order valence-electron chi connectivity index (χ4n) is 3.97. The maximum atomic E-state index is 12.9. The number of likely N-dealkylation sites (N-methyl/N-ethyl adjacent to an activating group) is 1. The molecule has 1 N–H and O–H groups in total. The summed E-state index contributed by atoms with van der Waals surface area (Å²) in [6, 6.07) is 9.35. The number of carbonyl (C=O) groups excluding carboxylic acids is 2. The first kappa shape index (κ1) is 24.9. The van der Waals surface area contributed by atoms with Gasteiger partial charge in [-0.15, -0.1) is 5.10 Å². The van der Waals surface area contributed by atoms with Gasteiger partial charge in [-0.3, -0.25) is 14.3 Å². The van der Waals surface area contributed by atoms with Crippen molar-refractivity contribution in [3.63, 3.8) is 0 Å². The average Bonchev–Trinajstić information content (AvgIpc) is 3.27. The largest absolute Gasteiger partial charge is 0.394 e.